The molecule has 0 amide bonds. The highest BCUT2D eigenvalue weighted by Gasteiger charge is 2.17. The van der Waals surface area contributed by atoms with Gasteiger partial charge in [-0.05, 0) is 48.9 Å². The molecule has 1 atom stereocenters. The molecule has 0 saturated heterocycles. The number of fused-ring (bicyclic) bond motifs is 1. The lowest BCUT2D eigenvalue weighted by Gasteiger charge is -2.14. The van der Waals surface area contributed by atoms with Crippen LogP contribution >= 0.6 is 0 Å². The molecule has 0 saturated carbocycles. The van der Waals surface area contributed by atoms with E-state index in [0.717, 1.165) is 39.2 Å². The van der Waals surface area contributed by atoms with Gasteiger partial charge >= 0.3 is 0 Å². The van der Waals surface area contributed by atoms with Crippen LogP contribution in [0.3, 0.4) is 0 Å². The van der Waals surface area contributed by atoms with Gasteiger partial charge in [-0.2, -0.15) is 5.10 Å². The average molecular weight is 472 g/mol. The van der Waals surface area contributed by atoms with E-state index < -0.39 is 9.84 Å². The van der Waals surface area contributed by atoms with E-state index in [1.54, 1.807) is 12.1 Å². The molecule has 0 aliphatic carbocycles. The zero-order valence-corrected chi connectivity index (χ0v) is 19.8. The predicted octanol–water partition coefficient (Wildman–Crippen LogP) is 5.54. The summed E-state index contributed by atoms with van der Waals surface area (Å²) in [4.78, 5) is 0.319. The van der Waals surface area contributed by atoms with E-state index in [9.17, 15) is 8.42 Å². The largest absolute Gasteiger partial charge is 0.454 e. The molecule has 0 aliphatic rings. The topological polar surface area (TPSA) is 77.1 Å². The molecule has 1 N–H and O–H groups in total. The molecule has 2 aromatic heterocycles. The minimum Gasteiger partial charge on any atom is -0.454 e. The molecular formula is C27H25N3O3S. The van der Waals surface area contributed by atoms with Crippen LogP contribution in [-0.4, -0.2) is 24.5 Å². The Morgan fingerprint density at radius 2 is 1.68 bits per heavy atom. The Hall–Kier alpha value is -3.68. The second-order valence-corrected chi connectivity index (χ2v) is 10.4. The first-order valence-corrected chi connectivity index (χ1v) is 12.9. The molecular weight excluding hydrogens is 446 g/mol. The Balaban J connectivity index is 1.44. The minimum absolute atomic E-state index is 0.0113. The lowest BCUT2D eigenvalue weighted by atomic mass is 10.1. The van der Waals surface area contributed by atoms with E-state index in [2.05, 4.69) is 12.2 Å². The van der Waals surface area contributed by atoms with Gasteiger partial charge in [-0.1, -0.05) is 48.5 Å². The Morgan fingerprint density at radius 1 is 0.971 bits per heavy atom. The van der Waals surface area contributed by atoms with Gasteiger partial charge in [-0.15, -0.1) is 0 Å². The Labute approximate surface area is 198 Å². The molecule has 172 valence electrons. The van der Waals surface area contributed by atoms with Gasteiger partial charge in [0.1, 0.15) is 11.3 Å². The number of nitrogens with one attached hydrogen (secondary N) is 1. The molecule has 0 bridgehead atoms. The SMILES string of the molecule is CC(NCc1cn(-c2ccccc2)nc1-c1cc2ccccc2o1)c1ccc(S(C)(=O)=O)cc1. The highest BCUT2D eigenvalue weighted by Crippen LogP contribution is 2.30. The van der Waals surface area contributed by atoms with Gasteiger partial charge in [0.05, 0.1) is 10.6 Å². The summed E-state index contributed by atoms with van der Waals surface area (Å²) >= 11 is 0. The zero-order chi connectivity index (χ0) is 23.7. The van der Waals surface area contributed by atoms with Crippen molar-refractivity contribution in [1.82, 2.24) is 15.1 Å². The lowest BCUT2D eigenvalue weighted by Crippen LogP contribution is -2.18. The lowest BCUT2D eigenvalue weighted by molar-refractivity contribution is 0.572. The Kier molecular flexibility index (Phi) is 5.81. The maximum atomic E-state index is 11.7. The average Bonchev–Trinajstić information content (AvgIpc) is 3.47. The van der Waals surface area contributed by atoms with Crippen molar-refractivity contribution >= 4 is 20.8 Å². The molecule has 7 heteroatoms. The van der Waals surface area contributed by atoms with E-state index in [1.165, 1.54) is 6.26 Å². The molecule has 1 unspecified atom stereocenters. The summed E-state index contributed by atoms with van der Waals surface area (Å²) < 4.78 is 31.5. The number of rotatable bonds is 7. The van der Waals surface area contributed by atoms with E-state index in [1.807, 2.05) is 83.7 Å². The molecule has 5 rings (SSSR count). The second-order valence-electron chi connectivity index (χ2n) is 8.38. The zero-order valence-electron chi connectivity index (χ0n) is 19.0. The van der Waals surface area contributed by atoms with E-state index in [0.29, 0.717) is 11.4 Å². The second kappa shape index (κ2) is 8.93. The molecule has 0 fully saturated rings. The quantitative estimate of drug-likeness (QED) is 0.337. The Morgan fingerprint density at radius 3 is 2.38 bits per heavy atom. The molecule has 3 aromatic carbocycles. The Bertz CT molecular complexity index is 1500. The van der Waals surface area contributed by atoms with Crippen LogP contribution in [0.2, 0.25) is 0 Å². The van der Waals surface area contributed by atoms with Gasteiger partial charge in [0.15, 0.2) is 15.6 Å². The van der Waals surface area contributed by atoms with Crippen LogP contribution < -0.4 is 5.32 Å². The first-order chi connectivity index (χ1) is 16.4. The van der Waals surface area contributed by atoms with Gasteiger partial charge < -0.3 is 9.73 Å². The maximum Gasteiger partial charge on any atom is 0.175 e. The van der Waals surface area contributed by atoms with Gasteiger partial charge in [0, 0.05) is 36.0 Å². The van der Waals surface area contributed by atoms with Crippen LogP contribution in [0.5, 0.6) is 0 Å². The monoisotopic (exact) mass is 471 g/mol. The van der Waals surface area contributed by atoms with Crippen molar-refractivity contribution in [3.63, 3.8) is 0 Å². The fourth-order valence-corrected chi connectivity index (χ4v) is 4.57. The van der Waals surface area contributed by atoms with Crippen molar-refractivity contribution < 1.29 is 12.8 Å². The standard InChI is InChI=1S/C27H25N3O3S/c1-19(20-12-14-24(15-13-20)34(2,31)32)28-17-22-18-30(23-9-4-3-5-10-23)29-27(22)26-16-21-8-6-7-11-25(21)33-26/h3-16,18-19,28H,17H2,1-2H3. The van der Waals surface area contributed by atoms with Crippen molar-refractivity contribution in [3.8, 4) is 17.1 Å². The molecule has 0 spiro atoms. The van der Waals surface area contributed by atoms with Crippen LogP contribution in [0.15, 0.2) is 100 Å². The van der Waals surface area contributed by atoms with Crippen LogP contribution in [-0.2, 0) is 16.4 Å². The number of aromatic nitrogens is 2. The summed E-state index contributed by atoms with van der Waals surface area (Å²) in [5.41, 5.74) is 4.59. The molecule has 6 nitrogen and oxygen atoms in total. The smallest absolute Gasteiger partial charge is 0.175 e. The molecule has 0 aliphatic heterocycles. The number of furan rings is 1. The minimum atomic E-state index is -3.21. The van der Waals surface area contributed by atoms with Gasteiger partial charge in [-0.3, -0.25) is 0 Å². The van der Waals surface area contributed by atoms with Crippen LogP contribution in [0.1, 0.15) is 24.1 Å². The van der Waals surface area contributed by atoms with Crippen LogP contribution in [0.25, 0.3) is 28.1 Å². The van der Waals surface area contributed by atoms with Crippen LogP contribution in [0, 0.1) is 0 Å². The summed E-state index contributed by atoms with van der Waals surface area (Å²) in [5.74, 6) is 0.720. The number of benzene rings is 3. The third kappa shape index (κ3) is 4.53. The van der Waals surface area contributed by atoms with E-state index >= 15 is 0 Å². The molecule has 5 aromatic rings. The number of sulfone groups is 1. The normalized spacial score (nSPS) is 12.8. The molecule has 2 heterocycles. The van der Waals surface area contributed by atoms with Crippen molar-refractivity contribution in [1.29, 1.82) is 0 Å². The summed E-state index contributed by atoms with van der Waals surface area (Å²) in [5, 5.41) is 9.42. The van der Waals surface area contributed by atoms with Crippen molar-refractivity contribution in [2.75, 3.05) is 6.26 Å². The van der Waals surface area contributed by atoms with Gasteiger partial charge in [-0.25, -0.2) is 13.1 Å². The number of para-hydroxylation sites is 2. The number of hydrogen-bond acceptors (Lipinski definition) is 5. The summed E-state index contributed by atoms with van der Waals surface area (Å²) in [6.07, 6.45) is 3.23. The van der Waals surface area contributed by atoms with Crippen molar-refractivity contribution in [2.45, 2.75) is 24.4 Å². The maximum absolute atomic E-state index is 11.7. The van der Waals surface area contributed by atoms with Crippen molar-refractivity contribution in [3.05, 3.63) is 102 Å². The third-order valence-electron chi connectivity index (χ3n) is 5.88. The number of hydrogen-bond donors (Lipinski definition) is 1. The molecule has 0 radical (unpaired) electrons. The predicted molar refractivity (Wildman–Crippen MR) is 134 cm³/mol. The summed E-state index contributed by atoms with van der Waals surface area (Å²) in [7, 11) is -3.21. The first kappa shape index (κ1) is 22.1. The highest BCUT2D eigenvalue weighted by molar-refractivity contribution is 7.90. The van der Waals surface area contributed by atoms with Crippen molar-refractivity contribution in [2.24, 2.45) is 0 Å². The van der Waals surface area contributed by atoms with Gasteiger partial charge in [0.2, 0.25) is 0 Å². The summed E-state index contributed by atoms with van der Waals surface area (Å²) in [6.45, 7) is 2.62. The first-order valence-electron chi connectivity index (χ1n) is 11.0. The highest BCUT2D eigenvalue weighted by atomic mass is 32.2. The summed E-state index contributed by atoms with van der Waals surface area (Å²) in [6, 6.07) is 26.9. The van der Waals surface area contributed by atoms with E-state index in [4.69, 9.17) is 9.52 Å². The molecule has 34 heavy (non-hydrogen) atoms. The number of nitrogens with zero attached hydrogens (tertiary/aromatic N) is 2. The van der Waals surface area contributed by atoms with Crippen LogP contribution in [0.4, 0.5) is 0 Å². The van der Waals surface area contributed by atoms with E-state index in [-0.39, 0.29) is 6.04 Å². The fraction of sp³-hybridized carbons (Fsp3) is 0.148. The fourth-order valence-electron chi connectivity index (χ4n) is 3.94. The van der Waals surface area contributed by atoms with Gasteiger partial charge in [0.25, 0.3) is 0 Å². The third-order valence-corrected chi connectivity index (χ3v) is 7.01.